The first kappa shape index (κ1) is 16.5. The Bertz CT molecular complexity index is 541. The minimum Gasteiger partial charge on any atom is -0.392 e. The summed E-state index contributed by atoms with van der Waals surface area (Å²) in [6, 6.07) is 4.59. The van der Waals surface area contributed by atoms with Gasteiger partial charge in [-0.15, -0.1) is 0 Å². The van der Waals surface area contributed by atoms with Crippen molar-refractivity contribution in [2.75, 3.05) is 6.54 Å². The molecule has 0 aliphatic heterocycles. The van der Waals surface area contributed by atoms with Crippen molar-refractivity contribution in [3.63, 3.8) is 0 Å². The van der Waals surface area contributed by atoms with Crippen molar-refractivity contribution in [1.82, 2.24) is 4.72 Å². The molecule has 0 spiro atoms. The van der Waals surface area contributed by atoms with Crippen LogP contribution in [-0.2, 0) is 10.0 Å². The fourth-order valence-electron chi connectivity index (χ4n) is 1.58. The van der Waals surface area contributed by atoms with Gasteiger partial charge in [0.05, 0.1) is 15.9 Å². The summed E-state index contributed by atoms with van der Waals surface area (Å²) in [5, 5.41) is 20.1. The summed E-state index contributed by atoms with van der Waals surface area (Å²) >= 11 is 0. The highest BCUT2D eigenvalue weighted by Crippen LogP contribution is 2.15. The van der Waals surface area contributed by atoms with Crippen molar-refractivity contribution in [3.8, 4) is 0 Å². The van der Waals surface area contributed by atoms with Crippen LogP contribution in [0.4, 0.5) is 5.69 Å². The van der Waals surface area contributed by atoms with Gasteiger partial charge in [-0.25, -0.2) is 13.1 Å². The van der Waals surface area contributed by atoms with E-state index in [1.165, 1.54) is 12.1 Å². The van der Waals surface area contributed by atoms with E-state index in [-0.39, 0.29) is 17.1 Å². The summed E-state index contributed by atoms with van der Waals surface area (Å²) in [7, 11) is -3.76. The van der Waals surface area contributed by atoms with Crippen molar-refractivity contribution in [2.24, 2.45) is 0 Å². The molecule has 2 N–H and O–H groups in total. The molecule has 0 bridgehead atoms. The van der Waals surface area contributed by atoms with Gasteiger partial charge in [-0.1, -0.05) is 19.8 Å². The number of non-ortho nitro benzene ring substituents is 1. The van der Waals surface area contributed by atoms with E-state index in [1.54, 1.807) is 0 Å². The average molecular weight is 302 g/mol. The van der Waals surface area contributed by atoms with Crippen molar-refractivity contribution in [2.45, 2.75) is 37.2 Å². The number of nitrogens with one attached hydrogen (secondary N) is 1. The van der Waals surface area contributed by atoms with Gasteiger partial charge in [0.15, 0.2) is 0 Å². The molecule has 20 heavy (non-hydrogen) atoms. The Morgan fingerprint density at radius 1 is 1.35 bits per heavy atom. The predicted octanol–water partition coefficient (Wildman–Crippen LogP) is 1.42. The molecule has 0 aliphatic rings. The minimum absolute atomic E-state index is 0.0641. The Balaban J connectivity index is 2.66. The van der Waals surface area contributed by atoms with E-state index in [1.807, 2.05) is 6.92 Å². The van der Waals surface area contributed by atoms with E-state index in [0.717, 1.165) is 25.0 Å². The number of unbranched alkanes of at least 4 members (excludes halogenated alkanes) is 1. The van der Waals surface area contributed by atoms with Crippen LogP contribution in [0.3, 0.4) is 0 Å². The highest BCUT2D eigenvalue weighted by Gasteiger charge is 2.17. The number of hydrogen-bond donors (Lipinski definition) is 2. The van der Waals surface area contributed by atoms with Crippen molar-refractivity contribution in [1.29, 1.82) is 0 Å². The Morgan fingerprint density at radius 2 is 1.95 bits per heavy atom. The fraction of sp³-hybridized carbons (Fsp3) is 0.500. The maximum absolute atomic E-state index is 11.9. The Hall–Kier alpha value is -1.51. The third kappa shape index (κ3) is 4.87. The number of benzene rings is 1. The number of nitro groups is 1. The molecule has 0 radical (unpaired) electrons. The molecule has 0 aromatic heterocycles. The molecule has 0 saturated carbocycles. The maximum Gasteiger partial charge on any atom is 0.269 e. The lowest BCUT2D eigenvalue weighted by molar-refractivity contribution is -0.384. The summed E-state index contributed by atoms with van der Waals surface area (Å²) in [5.41, 5.74) is -0.174. The van der Waals surface area contributed by atoms with Crippen LogP contribution < -0.4 is 4.72 Å². The largest absolute Gasteiger partial charge is 0.392 e. The van der Waals surface area contributed by atoms with Crippen LogP contribution in [0.5, 0.6) is 0 Å². The summed E-state index contributed by atoms with van der Waals surface area (Å²) in [4.78, 5) is 9.82. The summed E-state index contributed by atoms with van der Waals surface area (Å²) in [6.07, 6.45) is 1.54. The van der Waals surface area contributed by atoms with Crippen molar-refractivity contribution >= 4 is 15.7 Å². The molecule has 1 atom stereocenters. The zero-order valence-electron chi connectivity index (χ0n) is 11.2. The molecule has 0 amide bonds. The number of nitro benzene ring substituents is 1. The van der Waals surface area contributed by atoms with Gasteiger partial charge in [0.1, 0.15) is 0 Å². The van der Waals surface area contributed by atoms with E-state index in [4.69, 9.17) is 0 Å². The van der Waals surface area contributed by atoms with Crippen molar-refractivity contribution in [3.05, 3.63) is 34.4 Å². The number of nitrogens with zero attached hydrogens (tertiary/aromatic N) is 1. The van der Waals surface area contributed by atoms with Crippen LogP contribution in [0, 0.1) is 10.1 Å². The molecule has 1 aromatic rings. The van der Waals surface area contributed by atoms with Gasteiger partial charge in [0.2, 0.25) is 10.0 Å². The topological polar surface area (TPSA) is 110 Å². The lowest BCUT2D eigenvalue weighted by Gasteiger charge is -2.11. The minimum atomic E-state index is -3.76. The Labute approximate surface area is 117 Å². The molecule has 1 rings (SSSR count). The van der Waals surface area contributed by atoms with E-state index >= 15 is 0 Å². The Kier molecular flexibility index (Phi) is 6.05. The van der Waals surface area contributed by atoms with Gasteiger partial charge in [0.25, 0.3) is 5.69 Å². The highest BCUT2D eigenvalue weighted by molar-refractivity contribution is 7.89. The van der Waals surface area contributed by atoms with Gasteiger partial charge in [-0.3, -0.25) is 10.1 Å². The zero-order chi connectivity index (χ0) is 15.2. The second-order valence-corrected chi connectivity index (χ2v) is 6.17. The average Bonchev–Trinajstić information content (AvgIpc) is 2.43. The number of rotatable bonds is 8. The van der Waals surface area contributed by atoms with Gasteiger partial charge in [-0.2, -0.15) is 0 Å². The maximum atomic E-state index is 11.9. The van der Waals surface area contributed by atoms with Gasteiger partial charge >= 0.3 is 0 Å². The standard InChI is InChI=1S/C12H18N2O5S/c1-2-3-4-11(15)9-13-20(18,19)12-7-5-10(6-8-12)14(16)17/h5-8,11,13,15H,2-4,9H2,1H3/t11-/m0/s1. The molecule has 0 saturated heterocycles. The first-order chi connectivity index (χ1) is 9.36. The molecule has 112 valence electrons. The second kappa shape index (κ2) is 7.32. The molecule has 0 heterocycles. The van der Waals surface area contributed by atoms with Crippen LogP contribution in [-0.4, -0.2) is 31.1 Å². The molecular weight excluding hydrogens is 284 g/mol. The smallest absolute Gasteiger partial charge is 0.269 e. The highest BCUT2D eigenvalue weighted by atomic mass is 32.2. The fourth-order valence-corrected chi connectivity index (χ4v) is 2.65. The zero-order valence-corrected chi connectivity index (χ0v) is 12.0. The lowest BCUT2D eigenvalue weighted by Crippen LogP contribution is -2.32. The SMILES string of the molecule is CCCC[C@H](O)CNS(=O)(=O)c1ccc([N+](=O)[O-])cc1. The molecule has 1 aromatic carbocycles. The Morgan fingerprint density at radius 3 is 2.45 bits per heavy atom. The quantitative estimate of drug-likeness (QED) is 0.557. The van der Waals surface area contributed by atoms with Gasteiger partial charge in [-0.05, 0) is 18.6 Å². The number of aliphatic hydroxyl groups is 1. The number of hydrogen-bond acceptors (Lipinski definition) is 5. The van der Waals surface area contributed by atoms with Gasteiger partial charge < -0.3 is 5.11 Å². The van der Waals surface area contributed by atoms with Crippen LogP contribution in [0.1, 0.15) is 26.2 Å². The number of sulfonamides is 1. The van der Waals surface area contributed by atoms with E-state index in [0.29, 0.717) is 6.42 Å². The van der Waals surface area contributed by atoms with E-state index in [9.17, 15) is 23.6 Å². The molecular formula is C12H18N2O5S. The monoisotopic (exact) mass is 302 g/mol. The van der Waals surface area contributed by atoms with Crippen LogP contribution >= 0.6 is 0 Å². The molecule has 0 fully saturated rings. The third-order valence-corrected chi connectivity index (χ3v) is 4.20. The lowest BCUT2D eigenvalue weighted by atomic mass is 10.2. The number of aliphatic hydroxyl groups excluding tert-OH is 1. The molecule has 0 aliphatic carbocycles. The first-order valence-electron chi connectivity index (χ1n) is 6.29. The van der Waals surface area contributed by atoms with E-state index < -0.39 is 21.1 Å². The summed E-state index contributed by atoms with van der Waals surface area (Å²) < 4.78 is 26.1. The summed E-state index contributed by atoms with van der Waals surface area (Å²) in [6.45, 7) is 1.91. The third-order valence-electron chi connectivity index (χ3n) is 2.76. The van der Waals surface area contributed by atoms with Crippen LogP contribution in [0.2, 0.25) is 0 Å². The first-order valence-corrected chi connectivity index (χ1v) is 7.77. The van der Waals surface area contributed by atoms with E-state index in [2.05, 4.69) is 4.72 Å². The second-order valence-electron chi connectivity index (χ2n) is 4.40. The van der Waals surface area contributed by atoms with Crippen LogP contribution in [0.25, 0.3) is 0 Å². The predicted molar refractivity (Wildman–Crippen MR) is 73.8 cm³/mol. The van der Waals surface area contributed by atoms with Gasteiger partial charge in [0, 0.05) is 18.7 Å². The van der Waals surface area contributed by atoms with Crippen LogP contribution in [0.15, 0.2) is 29.2 Å². The molecule has 0 unspecified atom stereocenters. The van der Waals surface area contributed by atoms with Crippen molar-refractivity contribution < 1.29 is 18.4 Å². The normalized spacial score (nSPS) is 13.1. The summed E-state index contributed by atoms with van der Waals surface area (Å²) in [5.74, 6) is 0. The molecule has 7 nitrogen and oxygen atoms in total. The molecule has 8 heteroatoms.